The van der Waals surface area contributed by atoms with Crippen LogP contribution in [0.5, 0.6) is 11.5 Å². The largest absolute Gasteiger partial charge is 0.573 e. The maximum Gasteiger partial charge on any atom is 0.573 e. The standard InChI is InChI=1S/C12H11F3O4/c1-2-18-11(17)6-4-8-3-5-9(7-10(8)16)19-12(13,14)15/h3-7,16H,2H2,1H3. The fourth-order valence-corrected chi connectivity index (χ4v) is 1.21. The van der Waals surface area contributed by atoms with E-state index in [0.717, 1.165) is 18.2 Å². The third-order valence-electron chi connectivity index (χ3n) is 1.92. The van der Waals surface area contributed by atoms with E-state index in [1.165, 1.54) is 12.1 Å². The number of carbonyl (C=O) groups is 1. The molecule has 1 N–H and O–H groups in total. The summed E-state index contributed by atoms with van der Waals surface area (Å²) in [6.07, 6.45) is -2.54. The summed E-state index contributed by atoms with van der Waals surface area (Å²) in [6.45, 7) is 1.83. The molecule has 1 aromatic rings. The third-order valence-corrected chi connectivity index (χ3v) is 1.92. The molecular weight excluding hydrogens is 265 g/mol. The summed E-state index contributed by atoms with van der Waals surface area (Å²) in [6, 6.07) is 3.02. The summed E-state index contributed by atoms with van der Waals surface area (Å²) in [5.74, 6) is -1.60. The van der Waals surface area contributed by atoms with Gasteiger partial charge in [0.1, 0.15) is 11.5 Å². The monoisotopic (exact) mass is 276 g/mol. The molecular formula is C12H11F3O4. The molecule has 0 aliphatic rings. The highest BCUT2D eigenvalue weighted by atomic mass is 19.4. The van der Waals surface area contributed by atoms with Gasteiger partial charge in [0.2, 0.25) is 0 Å². The maximum atomic E-state index is 11.9. The normalized spacial score (nSPS) is 11.6. The van der Waals surface area contributed by atoms with Crippen molar-refractivity contribution in [3.63, 3.8) is 0 Å². The Bertz CT molecular complexity index is 480. The van der Waals surface area contributed by atoms with Crippen LogP contribution in [0, 0.1) is 0 Å². The van der Waals surface area contributed by atoms with Crippen LogP contribution in [0.25, 0.3) is 6.08 Å². The van der Waals surface area contributed by atoms with Crippen LogP contribution in [0.2, 0.25) is 0 Å². The van der Waals surface area contributed by atoms with E-state index in [2.05, 4.69) is 9.47 Å². The number of alkyl halides is 3. The number of benzene rings is 1. The Kier molecular flexibility index (Phi) is 4.80. The first-order valence-electron chi connectivity index (χ1n) is 5.25. The molecule has 0 heterocycles. The topological polar surface area (TPSA) is 55.8 Å². The Morgan fingerprint density at radius 3 is 2.63 bits per heavy atom. The summed E-state index contributed by atoms with van der Waals surface area (Å²) in [5, 5.41) is 9.48. The molecule has 104 valence electrons. The lowest BCUT2D eigenvalue weighted by atomic mass is 10.2. The smallest absolute Gasteiger partial charge is 0.507 e. The Morgan fingerprint density at radius 2 is 2.11 bits per heavy atom. The third kappa shape index (κ3) is 5.33. The molecule has 1 rings (SSSR count). The van der Waals surface area contributed by atoms with Gasteiger partial charge in [0.05, 0.1) is 6.61 Å². The number of aromatic hydroxyl groups is 1. The summed E-state index contributed by atoms with van der Waals surface area (Å²) < 4.78 is 44.0. The molecule has 0 radical (unpaired) electrons. The fraction of sp³-hybridized carbons (Fsp3) is 0.250. The van der Waals surface area contributed by atoms with Gasteiger partial charge in [0, 0.05) is 17.7 Å². The lowest BCUT2D eigenvalue weighted by molar-refractivity contribution is -0.274. The predicted molar refractivity (Wildman–Crippen MR) is 60.5 cm³/mol. The average molecular weight is 276 g/mol. The highest BCUT2D eigenvalue weighted by molar-refractivity contribution is 5.87. The maximum absolute atomic E-state index is 11.9. The lowest BCUT2D eigenvalue weighted by Gasteiger charge is -2.09. The first-order chi connectivity index (χ1) is 8.81. The minimum Gasteiger partial charge on any atom is -0.507 e. The molecule has 0 bridgehead atoms. The molecule has 0 unspecified atom stereocenters. The molecule has 0 saturated heterocycles. The second-order valence-electron chi connectivity index (χ2n) is 3.35. The van der Waals surface area contributed by atoms with E-state index < -0.39 is 23.8 Å². The molecule has 0 spiro atoms. The van der Waals surface area contributed by atoms with Crippen LogP contribution >= 0.6 is 0 Å². The second-order valence-corrected chi connectivity index (χ2v) is 3.35. The molecule has 0 saturated carbocycles. The van der Waals surface area contributed by atoms with Crippen LogP contribution in [-0.4, -0.2) is 24.0 Å². The van der Waals surface area contributed by atoms with Crippen molar-refractivity contribution >= 4 is 12.0 Å². The van der Waals surface area contributed by atoms with Gasteiger partial charge in [0.25, 0.3) is 0 Å². The van der Waals surface area contributed by atoms with Crippen molar-refractivity contribution in [1.82, 2.24) is 0 Å². The van der Waals surface area contributed by atoms with Crippen molar-refractivity contribution in [2.24, 2.45) is 0 Å². The van der Waals surface area contributed by atoms with E-state index in [1.807, 2.05) is 0 Å². The number of ether oxygens (including phenoxy) is 2. The molecule has 0 fully saturated rings. The molecule has 1 aromatic carbocycles. The van der Waals surface area contributed by atoms with Crippen LogP contribution in [0.15, 0.2) is 24.3 Å². The van der Waals surface area contributed by atoms with E-state index in [0.29, 0.717) is 0 Å². The van der Waals surface area contributed by atoms with E-state index in [1.54, 1.807) is 6.92 Å². The quantitative estimate of drug-likeness (QED) is 0.678. The summed E-state index contributed by atoms with van der Waals surface area (Å²) in [5.41, 5.74) is 0.169. The number of hydrogen-bond donors (Lipinski definition) is 1. The van der Waals surface area contributed by atoms with Gasteiger partial charge in [0.15, 0.2) is 0 Å². The van der Waals surface area contributed by atoms with Gasteiger partial charge in [-0.25, -0.2) is 4.79 Å². The molecule has 0 aliphatic carbocycles. The lowest BCUT2D eigenvalue weighted by Crippen LogP contribution is -2.17. The van der Waals surface area contributed by atoms with Gasteiger partial charge in [-0.2, -0.15) is 0 Å². The zero-order chi connectivity index (χ0) is 14.5. The van der Waals surface area contributed by atoms with Crippen molar-refractivity contribution < 1.29 is 32.5 Å². The molecule has 0 aliphatic heterocycles. The van der Waals surface area contributed by atoms with Crippen LogP contribution in [-0.2, 0) is 9.53 Å². The van der Waals surface area contributed by atoms with Crippen molar-refractivity contribution in [3.05, 3.63) is 29.8 Å². The number of esters is 1. The Morgan fingerprint density at radius 1 is 1.42 bits per heavy atom. The van der Waals surface area contributed by atoms with Gasteiger partial charge < -0.3 is 14.6 Å². The number of rotatable bonds is 4. The van der Waals surface area contributed by atoms with E-state index in [4.69, 9.17) is 0 Å². The molecule has 0 amide bonds. The first kappa shape index (κ1) is 14.9. The van der Waals surface area contributed by atoms with Crippen molar-refractivity contribution in [2.45, 2.75) is 13.3 Å². The average Bonchev–Trinajstić information content (AvgIpc) is 2.26. The number of phenols is 1. The molecule has 7 heteroatoms. The van der Waals surface area contributed by atoms with Crippen molar-refractivity contribution in [3.8, 4) is 11.5 Å². The molecule has 4 nitrogen and oxygen atoms in total. The highest BCUT2D eigenvalue weighted by Gasteiger charge is 2.31. The van der Waals surface area contributed by atoms with Crippen LogP contribution in [0.3, 0.4) is 0 Å². The van der Waals surface area contributed by atoms with Gasteiger partial charge >= 0.3 is 12.3 Å². The Balaban J connectivity index is 2.80. The minimum absolute atomic E-state index is 0.169. The zero-order valence-electron chi connectivity index (χ0n) is 9.90. The first-order valence-corrected chi connectivity index (χ1v) is 5.25. The molecule has 0 aromatic heterocycles. The van der Waals surface area contributed by atoms with Gasteiger partial charge in [-0.1, -0.05) is 0 Å². The SMILES string of the molecule is CCOC(=O)C=Cc1ccc(OC(F)(F)F)cc1O. The molecule has 0 atom stereocenters. The van der Waals surface area contributed by atoms with Crippen LogP contribution in [0.4, 0.5) is 13.2 Å². The van der Waals surface area contributed by atoms with Gasteiger partial charge in [-0.3, -0.25) is 0 Å². The number of halogens is 3. The highest BCUT2D eigenvalue weighted by Crippen LogP contribution is 2.28. The van der Waals surface area contributed by atoms with E-state index in [9.17, 15) is 23.1 Å². The van der Waals surface area contributed by atoms with Gasteiger partial charge in [-0.05, 0) is 25.1 Å². The van der Waals surface area contributed by atoms with Crippen molar-refractivity contribution in [1.29, 1.82) is 0 Å². The number of hydrogen-bond acceptors (Lipinski definition) is 4. The van der Waals surface area contributed by atoms with Crippen LogP contribution in [0.1, 0.15) is 12.5 Å². The minimum atomic E-state index is -4.82. The van der Waals surface area contributed by atoms with Crippen molar-refractivity contribution in [2.75, 3.05) is 6.61 Å². The Labute approximate surface area is 107 Å². The van der Waals surface area contributed by atoms with Crippen LogP contribution < -0.4 is 4.74 Å². The zero-order valence-corrected chi connectivity index (χ0v) is 9.90. The summed E-state index contributed by atoms with van der Waals surface area (Å²) in [7, 11) is 0. The molecule has 19 heavy (non-hydrogen) atoms. The Hall–Kier alpha value is -2.18. The number of carbonyl (C=O) groups excluding carboxylic acids is 1. The summed E-state index contributed by atoms with van der Waals surface area (Å²) >= 11 is 0. The predicted octanol–water partition coefficient (Wildman–Crippen LogP) is 2.87. The van der Waals surface area contributed by atoms with E-state index >= 15 is 0 Å². The van der Waals surface area contributed by atoms with Gasteiger partial charge in [-0.15, -0.1) is 13.2 Å². The van der Waals surface area contributed by atoms with E-state index in [-0.39, 0.29) is 12.2 Å². The summed E-state index contributed by atoms with van der Waals surface area (Å²) in [4.78, 5) is 11.0. The second kappa shape index (κ2) is 6.12. The number of phenolic OH excluding ortho intramolecular Hbond substituents is 1. The fourth-order valence-electron chi connectivity index (χ4n) is 1.21.